The molecule has 0 radical (unpaired) electrons. The van der Waals surface area contributed by atoms with Gasteiger partial charge in [0, 0.05) is 68.4 Å². The number of rotatable bonds is 10. The third-order valence-corrected chi connectivity index (χ3v) is 9.37. The highest BCUT2D eigenvalue weighted by Gasteiger charge is 2.26. The van der Waals surface area contributed by atoms with Crippen LogP contribution in [-0.4, -0.2) is 93.9 Å². The van der Waals surface area contributed by atoms with Crippen LogP contribution in [0.3, 0.4) is 0 Å². The first-order chi connectivity index (χ1) is 21.2. The van der Waals surface area contributed by atoms with E-state index in [4.69, 9.17) is 21.2 Å². The van der Waals surface area contributed by atoms with Gasteiger partial charge in [-0.25, -0.2) is 4.79 Å². The molecule has 0 spiro atoms. The van der Waals surface area contributed by atoms with Crippen molar-refractivity contribution in [3.8, 4) is 10.6 Å². The van der Waals surface area contributed by atoms with Gasteiger partial charge in [0.05, 0.1) is 21.3 Å². The molecule has 5 heterocycles. The number of amides is 4. The Hall–Kier alpha value is -3.94. The van der Waals surface area contributed by atoms with E-state index >= 15 is 0 Å². The largest absolute Gasteiger partial charge is 0.355 e. The van der Waals surface area contributed by atoms with Crippen LogP contribution < -0.4 is 16.0 Å². The van der Waals surface area contributed by atoms with Gasteiger partial charge in [0.15, 0.2) is 11.5 Å². The summed E-state index contributed by atoms with van der Waals surface area (Å²) < 4.78 is 7.92. The van der Waals surface area contributed by atoms with Crippen LogP contribution in [0.1, 0.15) is 53.2 Å². The molecule has 3 N–H and O–H groups in total. The fraction of sp³-hybridized carbons (Fsp3) is 0.433. The Kier molecular flexibility index (Phi) is 8.87. The molecule has 0 aliphatic carbocycles. The summed E-state index contributed by atoms with van der Waals surface area (Å²) in [6, 6.07) is 11.1. The molecule has 14 heteroatoms. The van der Waals surface area contributed by atoms with Gasteiger partial charge in [-0.05, 0) is 57.0 Å². The maximum atomic E-state index is 13.6. The molecule has 3 aromatic heterocycles. The normalized spacial score (nSPS) is 16.2. The quantitative estimate of drug-likeness (QED) is 0.240. The molecular formula is C30H35ClN8O4S. The first-order valence-electron chi connectivity index (χ1n) is 14.8. The van der Waals surface area contributed by atoms with Crippen molar-refractivity contribution >= 4 is 51.7 Å². The number of thiophene rings is 1. The van der Waals surface area contributed by atoms with Gasteiger partial charge in [0.2, 0.25) is 0 Å². The molecule has 4 amide bonds. The number of carbonyl (C=O) groups excluding carboxylic acids is 3. The number of likely N-dealkylation sites (tertiary alicyclic amines) is 1. The number of nitrogens with one attached hydrogen (secondary N) is 3. The third kappa shape index (κ3) is 6.59. The predicted octanol–water partition coefficient (Wildman–Crippen LogP) is 3.81. The van der Waals surface area contributed by atoms with Crippen molar-refractivity contribution in [3.63, 3.8) is 0 Å². The summed E-state index contributed by atoms with van der Waals surface area (Å²) in [6.07, 6.45) is 1.72. The molecule has 44 heavy (non-hydrogen) atoms. The molecule has 2 aliphatic rings. The van der Waals surface area contributed by atoms with Crippen LogP contribution >= 0.6 is 22.9 Å². The number of hydrogen-bond donors (Lipinski definition) is 3. The maximum Gasteiger partial charge on any atom is 0.317 e. The highest BCUT2D eigenvalue weighted by Crippen LogP contribution is 2.32. The minimum Gasteiger partial charge on any atom is -0.355 e. The second-order valence-corrected chi connectivity index (χ2v) is 13.1. The maximum absolute atomic E-state index is 13.6. The lowest BCUT2D eigenvalue weighted by atomic mass is 10.0. The van der Waals surface area contributed by atoms with Gasteiger partial charge in [0.25, 0.3) is 11.8 Å². The van der Waals surface area contributed by atoms with Crippen molar-refractivity contribution in [3.05, 3.63) is 57.7 Å². The van der Waals surface area contributed by atoms with E-state index in [0.29, 0.717) is 64.5 Å². The Labute approximate surface area is 263 Å². The predicted molar refractivity (Wildman–Crippen MR) is 168 cm³/mol. The molecule has 0 saturated carbocycles. The summed E-state index contributed by atoms with van der Waals surface area (Å²) in [5, 5.41) is 18.3. The van der Waals surface area contributed by atoms with Gasteiger partial charge in [-0.2, -0.15) is 5.10 Å². The fourth-order valence-electron chi connectivity index (χ4n) is 5.66. The Morgan fingerprint density at radius 2 is 1.95 bits per heavy atom. The molecule has 0 bridgehead atoms. The number of aromatic nitrogens is 3. The third-order valence-electron chi connectivity index (χ3n) is 8.12. The minimum absolute atomic E-state index is 0.0442. The van der Waals surface area contributed by atoms with Crippen molar-refractivity contribution in [2.45, 2.75) is 45.3 Å². The Morgan fingerprint density at radius 1 is 1.14 bits per heavy atom. The van der Waals surface area contributed by atoms with E-state index in [1.165, 1.54) is 11.3 Å². The van der Waals surface area contributed by atoms with E-state index in [1.54, 1.807) is 33.8 Å². The number of urea groups is 1. The van der Waals surface area contributed by atoms with Crippen LogP contribution in [0.15, 0.2) is 40.9 Å². The monoisotopic (exact) mass is 638 g/mol. The van der Waals surface area contributed by atoms with E-state index in [9.17, 15) is 14.4 Å². The zero-order valence-corrected chi connectivity index (χ0v) is 26.2. The minimum atomic E-state index is -0.289. The molecule has 1 aromatic carbocycles. The molecule has 2 aliphatic heterocycles. The molecule has 2 fully saturated rings. The second kappa shape index (κ2) is 13.0. The van der Waals surface area contributed by atoms with Crippen molar-refractivity contribution < 1.29 is 18.9 Å². The van der Waals surface area contributed by atoms with Crippen molar-refractivity contribution in [1.29, 1.82) is 0 Å². The van der Waals surface area contributed by atoms with Crippen LogP contribution in [0.2, 0.25) is 4.34 Å². The summed E-state index contributed by atoms with van der Waals surface area (Å²) in [6.45, 7) is 8.42. The summed E-state index contributed by atoms with van der Waals surface area (Å²) in [5.74, 6) is 0.0373. The van der Waals surface area contributed by atoms with Gasteiger partial charge < -0.3 is 30.3 Å². The number of piperidine rings is 1. The molecular weight excluding hydrogens is 604 g/mol. The van der Waals surface area contributed by atoms with Crippen molar-refractivity contribution in [2.24, 2.45) is 0 Å². The Morgan fingerprint density at radius 3 is 2.66 bits per heavy atom. The van der Waals surface area contributed by atoms with Gasteiger partial charge in [-0.3, -0.25) is 14.3 Å². The topological polar surface area (TPSA) is 138 Å². The van der Waals surface area contributed by atoms with Gasteiger partial charge in [-0.1, -0.05) is 16.8 Å². The lowest BCUT2D eigenvalue weighted by Crippen LogP contribution is -2.46. The van der Waals surface area contributed by atoms with Gasteiger partial charge >= 0.3 is 6.03 Å². The summed E-state index contributed by atoms with van der Waals surface area (Å²) in [7, 11) is 0. The lowest BCUT2D eigenvalue weighted by molar-refractivity contribution is 0.0894. The van der Waals surface area contributed by atoms with E-state index in [0.717, 1.165) is 30.8 Å². The number of fused-ring (bicyclic) bond motifs is 1. The smallest absolute Gasteiger partial charge is 0.317 e. The SMILES string of the molecule is CC(C)N1CCC(NC(=O)c2nn(Cc3cc(-c4ccc(Cl)s4)on3)c3ccc(C(=O)NCCN4CCNC4=O)cc23)CC1. The number of halogens is 1. The van der Waals surface area contributed by atoms with Crippen LogP contribution in [0, 0.1) is 0 Å². The number of hydrogen-bond acceptors (Lipinski definition) is 8. The molecule has 2 saturated heterocycles. The van der Waals surface area contributed by atoms with Crippen molar-refractivity contribution in [1.82, 2.24) is 40.7 Å². The highest BCUT2D eigenvalue weighted by atomic mass is 35.5. The fourth-order valence-corrected chi connectivity index (χ4v) is 6.65. The zero-order chi connectivity index (χ0) is 30.8. The zero-order valence-electron chi connectivity index (χ0n) is 24.6. The molecule has 232 valence electrons. The number of carbonyl (C=O) groups is 3. The standard InChI is InChI=1S/C30H35ClN8O4S/c1-18(2)37-11-7-20(8-12-37)34-29(41)27-22-15-19(28(40)32-9-13-38-14-10-33-30(38)42)3-4-23(22)39(35-27)17-21-16-24(43-36-21)25-5-6-26(31)44-25/h3-6,15-16,18,20H,7-14,17H2,1-2H3,(H,32,40)(H,33,42)(H,34,41). The van der Waals surface area contributed by atoms with E-state index in [1.807, 2.05) is 12.1 Å². The van der Waals surface area contributed by atoms with Crippen LogP contribution in [0.4, 0.5) is 4.79 Å². The second-order valence-electron chi connectivity index (χ2n) is 11.4. The first-order valence-corrected chi connectivity index (χ1v) is 16.0. The van der Waals surface area contributed by atoms with Gasteiger partial charge in [-0.15, -0.1) is 11.3 Å². The number of benzene rings is 1. The lowest BCUT2D eigenvalue weighted by Gasteiger charge is -2.34. The van der Waals surface area contributed by atoms with Crippen LogP contribution in [-0.2, 0) is 6.54 Å². The summed E-state index contributed by atoms with van der Waals surface area (Å²) in [4.78, 5) is 43.4. The average Bonchev–Trinajstić information content (AvgIpc) is 3.81. The van der Waals surface area contributed by atoms with Crippen molar-refractivity contribution in [2.75, 3.05) is 39.3 Å². The molecule has 12 nitrogen and oxygen atoms in total. The molecule has 6 rings (SSSR count). The van der Waals surface area contributed by atoms with E-state index in [2.05, 4.69) is 39.9 Å². The first kappa shape index (κ1) is 30.1. The average molecular weight is 639 g/mol. The number of nitrogens with zero attached hydrogens (tertiary/aromatic N) is 5. The molecule has 4 aromatic rings. The Bertz CT molecular complexity index is 1670. The van der Waals surface area contributed by atoms with E-state index in [-0.39, 0.29) is 36.1 Å². The summed E-state index contributed by atoms with van der Waals surface area (Å²) in [5.41, 5.74) is 1.98. The Balaban J connectivity index is 1.23. The van der Waals surface area contributed by atoms with Gasteiger partial charge in [0.1, 0.15) is 5.69 Å². The van der Waals surface area contributed by atoms with Crippen LogP contribution in [0.5, 0.6) is 0 Å². The molecule has 0 unspecified atom stereocenters. The summed E-state index contributed by atoms with van der Waals surface area (Å²) >= 11 is 7.49. The molecule has 0 atom stereocenters. The highest BCUT2D eigenvalue weighted by molar-refractivity contribution is 7.19. The van der Waals surface area contributed by atoms with Crippen LogP contribution in [0.25, 0.3) is 21.5 Å². The van der Waals surface area contributed by atoms with E-state index < -0.39 is 0 Å².